The van der Waals surface area contributed by atoms with Crippen LogP contribution in [0.2, 0.25) is 0 Å². The van der Waals surface area contributed by atoms with E-state index in [1.54, 1.807) is 11.8 Å². The second-order valence-corrected chi connectivity index (χ2v) is 6.22. The minimum atomic E-state index is 0.871. The van der Waals surface area contributed by atoms with E-state index < -0.39 is 0 Å². The van der Waals surface area contributed by atoms with Crippen molar-refractivity contribution in [3.63, 3.8) is 0 Å². The fourth-order valence-corrected chi connectivity index (χ4v) is 3.06. The van der Waals surface area contributed by atoms with Gasteiger partial charge in [-0.05, 0) is 38.8 Å². The van der Waals surface area contributed by atoms with Gasteiger partial charge in [-0.2, -0.15) is 0 Å². The van der Waals surface area contributed by atoms with Crippen molar-refractivity contribution >= 4 is 17.6 Å². The molecule has 0 unspecified atom stereocenters. The zero-order chi connectivity index (χ0) is 15.2. The maximum absolute atomic E-state index is 4.68. The Morgan fingerprint density at radius 2 is 1.90 bits per heavy atom. The summed E-state index contributed by atoms with van der Waals surface area (Å²) in [5.74, 6) is 1.84. The van der Waals surface area contributed by atoms with Crippen LogP contribution in [0.5, 0.6) is 0 Å². The molecule has 1 heterocycles. The van der Waals surface area contributed by atoms with Crippen LogP contribution in [0.15, 0.2) is 34.2 Å². The van der Waals surface area contributed by atoms with Crippen molar-refractivity contribution < 1.29 is 0 Å². The molecule has 0 aliphatic heterocycles. The SMILES string of the molecule is CCCc1nc(NCC)cc(Sc2ccc(C)cc2C)n1. The summed E-state index contributed by atoms with van der Waals surface area (Å²) in [5.41, 5.74) is 2.58. The average Bonchev–Trinajstić information content (AvgIpc) is 2.42. The Morgan fingerprint density at radius 1 is 1.10 bits per heavy atom. The minimum Gasteiger partial charge on any atom is -0.370 e. The first-order valence-corrected chi connectivity index (χ1v) is 8.31. The highest BCUT2D eigenvalue weighted by atomic mass is 32.2. The Labute approximate surface area is 131 Å². The first kappa shape index (κ1) is 15.8. The Bertz CT molecular complexity index is 587. The molecule has 0 aliphatic carbocycles. The molecular weight excluding hydrogens is 278 g/mol. The molecular formula is C17H23N3S. The summed E-state index contributed by atoms with van der Waals surface area (Å²) in [6, 6.07) is 8.56. The molecule has 2 aromatic rings. The Kier molecular flexibility index (Phi) is 5.62. The molecule has 2 rings (SSSR count). The van der Waals surface area contributed by atoms with Gasteiger partial charge in [-0.25, -0.2) is 9.97 Å². The molecule has 0 amide bonds. The van der Waals surface area contributed by atoms with Crippen molar-refractivity contribution in [3.8, 4) is 0 Å². The maximum Gasteiger partial charge on any atom is 0.132 e. The van der Waals surface area contributed by atoms with Crippen LogP contribution in [0.3, 0.4) is 0 Å². The third-order valence-corrected chi connectivity index (χ3v) is 4.22. The van der Waals surface area contributed by atoms with Crippen LogP contribution in [0.4, 0.5) is 5.82 Å². The van der Waals surface area contributed by atoms with E-state index in [9.17, 15) is 0 Å². The molecule has 0 radical (unpaired) electrons. The molecule has 0 bridgehead atoms. The third kappa shape index (κ3) is 4.46. The van der Waals surface area contributed by atoms with E-state index in [1.807, 2.05) is 6.07 Å². The monoisotopic (exact) mass is 301 g/mol. The predicted molar refractivity (Wildman–Crippen MR) is 90.2 cm³/mol. The fourth-order valence-electron chi connectivity index (χ4n) is 2.16. The van der Waals surface area contributed by atoms with Crippen LogP contribution < -0.4 is 5.32 Å². The van der Waals surface area contributed by atoms with E-state index in [-0.39, 0.29) is 0 Å². The number of rotatable bonds is 6. The molecule has 1 aromatic carbocycles. The predicted octanol–water partition coefficient (Wildman–Crippen LogP) is 4.63. The molecule has 112 valence electrons. The summed E-state index contributed by atoms with van der Waals surface area (Å²) in [6.07, 6.45) is 1.98. The number of hydrogen-bond acceptors (Lipinski definition) is 4. The third-order valence-electron chi connectivity index (χ3n) is 3.13. The van der Waals surface area contributed by atoms with Gasteiger partial charge in [-0.15, -0.1) is 0 Å². The number of aromatic nitrogens is 2. The van der Waals surface area contributed by atoms with Crippen LogP contribution in [-0.4, -0.2) is 16.5 Å². The quantitative estimate of drug-likeness (QED) is 0.789. The normalized spacial score (nSPS) is 10.7. The van der Waals surface area contributed by atoms with Gasteiger partial charge in [0.15, 0.2) is 0 Å². The van der Waals surface area contributed by atoms with Crippen LogP contribution in [-0.2, 0) is 6.42 Å². The van der Waals surface area contributed by atoms with Gasteiger partial charge >= 0.3 is 0 Å². The molecule has 0 atom stereocenters. The average molecular weight is 301 g/mol. The first-order chi connectivity index (χ1) is 10.1. The molecule has 1 aromatic heterocycles. The van der Waals surface area contributed by atoms with Crippen LogP contribution in [0.1, 0.15) is 37.2 Å². The van der Waals surface area contributed by atoms with Crippen LogP contribution in [0.25, 0.3) is 0 Å². The Hall–Kier alpha value is -1.55. The van der Waals surface area contributed by atoms with E-state index >= 15 is 0 Å². The van der Waals surface area contributed by atoms with E-state index in [2.05, 4.69) is 61.2 Å². The zero-order valence-electron chi connectivity index (χ0n) is 13.2. The standard InChI is InChI=1S/C17H23N3S/c1-5-7-15-19-16(18-6-2)11-17(20-15)21-14-9-8-12(3)10-13(14)4/h8-11H,5-7H2,1-4H3,(H,18,19,20). The lowest BCUT2D eigenvalue weighted by Gasteiger charge is -2.10. The number of anilines is 1. The second kappa shape index (κ2) is 7.46. The molecule has 1 N–H and O–H groups in total. The number of nitrogens with one attached hydrogen (secondary N) is 1. The topological polar surface area (TPSA) is 37.8 Å². The van der Waals surface area contributed by atoms with Crippen molar-refractivity contribution in [1.82, 2.24) is 9.97 Å². The van der Waals surface area contributed by atoms with E-state index in [0.29, 0.717) is 0 Å². The van der Waals surface area contributed by atoms with Gasteiger partial charge < -0.3 is 5.32 Å². The molecule has 21 heavy (non-hydrogen) atoms. The van der Waals surface area contributed by atoms with E-state index in [4.69, 9.17) is 0 Å². The minimum absolute atomic E-state index is 0.871. The highest BCUT2D eigenvalue weighted by Crippen LogP contribution is 2.30. The van der Waals surface area contributed by atoms with Gasteiger partial charge in [0, 0.05) is 23.9 Å². The van der Waals surface area contributed by atoms with Crippen molar-refractivity contribution in [2.75, 3.05) is 11.9 Å². The van der Waals surface area contributed by atoms with E-state index in [1.165, 1.54) is 16.0 Å². The van der Waals surface area contributed by atoms with Gasteiger partial charge in [-0.1, -0.05) is 36.4 Å². The van der Waals surface area contributed by atoms with Crippen molar-refractivity contribution in [3.05, 3.63) is 41.2 Å². The van der Waals surface area contributed by atoms with Gasteiger partial charge in [0.2, 0.25) is 0 Å². The molecule has 0 spiro atoms. The lowest BCUT2D eigenvalue weighted by molar-refractivity contribution is 0.810. The number of hydrogen-bond donors (Lipinski definition) is 1. The van der Waals surface area contributed by atoms with Crippen LogP contribution >= 0.6 is 11.8 Å². The molecule has 0 fully saturated rings. The van der Waals surface area contributed by atoms with E-state index in [0.717, 1.165) is 36.1 Å². The molecule has 0 saturated heterocycles. The summed E-state index contributed by atoms with van der Waals surface area (Å²) in [7, 11) is 0. The van der Waals surface area contributed by atoms with Crippen LogP contribution in [0, 0.1) is 13.8 Å². The van der Waals surface area contributed by atoms with Gasteiger partial charge in [0.25, 0.3) is 0 Å². The smallest absolute Gasteiger partial charge is 0.132 e. The fraction of sp³-hybridized carbons (Fsp3) is 0.412. The summed E-state index contributed by atoms with van der Waals surface area (Å²) in [6.45, 7) is 9.37. The number of aryl methyl sites for hydroxylation is 3. The largest absolute Gasteiger partial charge is 0.370 e. The lowest BCUT2D eigenvalue weighted by Crippen LogP contribution is -2.04. The maximum atomic E-state index is 4.68. The summed E-state index contributed by atoms with van der Waals surface area (Å²) in [5, 5.41) is 4.30. The lowest BCUT2D eigenvalue weighted by atomic mass is 10.2. The molecule has 0 saturated carbocycles. The summed E-state index contributed by atoms with van der Waals surface area (Å²) < 4.78 is 0. The number of benzene rings is 1. The van der Waals surface area contributed by atoms with Gasteiger partial charge in [0.1, 0.15) is 16.7 Å². The van der Waals surface area contributed by atoms with Crippen molar-refractivity contribution in [1.29, 1.82) is 0 Å². The highest BCUT2D eigenvalue weighted by Gasteiger charge is 2.07. The highest BCUT2D eigenvalue weighted by molar-refractivity contribution is 7.99. The van der Waals surface area contributed by atoms with Crippen molar-refractivity contribution in [2.45, 2.75) is 50.5 Å². The molecule has 4 heteroatoms. The van der Waals surface area contributed by atoms with Gasteiger partial charge in [0.05, 0.1) is 0 Å². The molecule has 0 aliphatic rings. The Balaban J connectivity index is 2.29. The molecule has 3 nitrogen and oxygen atoms in total. The summed E-state index contributed by atoms with van der Waals surface area (Å²) in [4.78, 5) is 10.5. The van der Waals surface area contributed by atoms with Gasteiger partial charge in [-0.3, -0.25) is 0 Å². The first-order valence-electron chi connectivity index (χ1n) is 7.49. The zero-order valence-corrected chi connectivity index (χ0v) is 14.0. The Morgan fingerprint density at radius 3 is 2.57 bits per heavy atom. The second-order valence-electron chi connectivity index (χ2n) is 5.16. The van der Waals surface area contributed by atoms with Crippen molar-refractivity contribution in [2.24, 2.45) is 0 Å². The summed E-state index contributed by atoms with van der Waals surface area (Å²) >= 11 is 1.71. The number of nitrogens with zero attached hydrogens (tertiary/aromatic N) is 2.